The lowest BCUT2D eigenvalue weighted by atomic mass is 9.84. The minimum absolute atomic E-state index is 0.0638. The van der Waals surface area contributed by atoms with E-state index in [9.17, 15) is 14.9 Å². The zero-order valence-corrected chi connectivity index (χ0v) is 14.1. The van der Waals surface area contributed by atoms with Crippen molar-refractivity contribution < 1.29 is 14.5 Å². The molecular formula is C16H22ClN3O4. The molecule has 0 aromatic heterocycles. The van der Waals surface area contributed by atoms with E-state index in [4.69, 9.17) is 22.1 Å². The average Bonchev–Trinajstić information content (AvgIpc) is 2.56. The molecule has 0 spiro atoms. The summed E-state index contributed by atoms with van der Waals surface area (Å²) in [5, 5.41) is 14.2. The molecule has 1 aliphatic carbocycles. The summed E-state index contributed by atoms with van der Waals surface area (Å²) in [7, 11) is 0. The van der Waals surface area contributed by atoms with E-state index in [-0.39, 0.29) is 41.4 Å². The van der Waals surface area contributed by atoms with Crippen LogP contribution < -0.4 is 15.8 Å². The van der Waals surface area contributed by atoms with Gasteiger partial charge >= 0.3 is 5.69 Å². The van der Waals surface area contributed by atoms with Crippen LogP contribution in [-0.2, 0) is 4.79 Å². The Morgan fingerprint density at radius 2 is 2.17 bits per heavy atom. The highest BCUT2D eigenvalue weighted by Gasteiger charge is 2.25. The van der Waals surface area contributed by atoms with Gasteiger partial charge in [0, 0.05) is 17.1 Å². The summed E-state index contributed by atoms with van der Waals surface area (Å²) < 4.78 is 5.38. The molecule has 1 aliphatic rings. The van der Waals surface area contributed by atoms with Gasteiger partial charge in [-0.3, -0.25) is 14.9 Å². The lowest BCUT2D eigenvalue weighted by Crippen LogP contribution is -2.45. The minimum atomic E-state index is -0.560. The van der Waals surface area contributed by atoms with Crippen molar-refractivity contribution in [3.8, 4) is 5.75 Å². The second-order valence-corrected chi connectivity index (χ2v) is 6.36. The zero-order chi connectivity index (χ0) is 17.5. The minimum Gasteiger partial charge on any atom is -0.486 e. The van der Waals surface area contributed by atoms with Gasteiger partial charge < -0.3 is 15.8 Å². The first-order valence-corrected chi connectivity index (χ1v) is 8.45. The molecule has 8 heteroatoms. The number of benzene rings is 1. The predicted molar refractivity (Wildman–Crippen MR) is 91.2 cm³/mol. The third-order valence-corrected chi connectivity index (χ3v) is 4.50. The van der Waals surface area contributed by atoms with E-state index in [1.165, 1.54) is 18.2 Å². The van der Waals surface area contributed by atoms with Crippen molar-refractivity contribution >= 4 is 23.2 Å². The van der Waals surface area contributed by atoms with Crippen LogP contribution in [0.25, 0.3) is 0 Å². The maximum atomic E-state index is 12.0. The number of hydrogen-bond donors (Lipinski definition) is 2. The number of hydrogen-bond acceptors (Lipinski definition) is 5. The van der Waals surface area contributed by atoms with Gasteiger partial charge in [-0.15, -0.1) is 0 Å². The van der Waals surface area contributed by atoms with Gasteiger partial charge in [-0.2, -0.15) is 0 Å². The van der Waals surface area contributed by atoms with Crippen LogP contribution in [0, 0.1) is 16.0 Å². The normalized spacial score (nSPS) is 20.4. The van der Waals surface area contributed by atoms with Crippen LogP contribution in [0.3, 0.4) is 0 Å². The van der Waals surface area contributed by atoms with E-state index >= 15 is 0 Å². The number of nitrogens with one attached hydrogen (secondary N) is 1. The van der Waals surface area contributed by atoms with Gasteiger partial charge in [0.2, 0.25) is 5.91 Å². The first-order chi connectivity index (χ1) is 11.5. The zero-order valence-electron chi connectivity index (χ0n) is 13.4. The van der Waals surface area contributed by atoms with Crippen molar-refractivity contribution in [1.29, 1.82) is 0 Å². The Morgan fingerprint density at radius 3 is 2.88 bits per heavy atom. The van der Waals surface area contributed by atoms with E-state index in [2.05, 4.69) is 5.32 Å². The van der Waals surface area contributed by atoms with Crippen LogP contribution in [0.5, 0.6) is 5.75 Å². The number of amides is 1. The summed E-state index contributed by atoms with van der Waals surface area (Å²) in [4.78, 5) is 22.5. The number of ether oxygens (including phenoxy) is 1. The molecule has 0 radical (unpaired) electrons. The number of nitro benzene ring substituents is 1. The highest BCUT2D eigenvalue weighted by atomic mass is 35.5. The summed E-state index contributed by atoms with van der Waals surface area (Å²) in [6.45, 7) is 0.632. The Hall–Kier alpha value is -1.86. The van der Waals surface area contributed by atoms with Gasteiger partial charge in [0.15, 0.2) is 5.75 Å². The SMILES string of the molecule is NCC1CCCCC1NC(=O)CCOc1ccc(Cl)cc1[N+](=O)[O-]. The number of halogens is 1. The number of carbonyl (C=O) groups excluding carboxylic acids is 1. The molecule has 1 saturated carbocycles. The van der Waals surface area contributed by atoms with Crippen LogP contribution in [0.4, 0.5) is 5.69 Å². The largest absolute Gasteiger partial charge is 0.486 e. The van der Waals surface area contributed by atoms with E-state index in [1.54, 1.807) is 0 Å². The molecular weight excluding hydrogens is 334 g/mol. The van der Waals surface area contributed by atoms with Crippen molar-refractivity contribution in [2.45, 2.75) is 38.1 Å². The molecule has 0 heterocycles. The molecule has 1 amide bonds. The summed E-state index contributed by atoms with van der Waals surface area (Å²) in [6, 6.07) is 4.29. The molecule has 1 fully saturated rings. The Kier molecular flexibility index (Phi) is 6.81. The monoisotopic (exact) mass is 355 g/mol. The second-order valence-electron chi connectivity index (χ2n) is 5.92. The maximum absolute atomic E-state index is 12.0. The lowest BCUT2D eigenvalue weighted by Gasteiger charge is -2.31. The quantitative estimate of drug-likeness (QED) is 0.577. The Balaban J connectivity index is 1.83. The third kappa shape index (κ3) is 5.07. The fourth-order valence-electron chi connectivity index (χ4n) is 2.97. The summed E-state index contributed by atoms with van der Waals surface area (Å²) in [6.07, 6.45) is 4.35. The Bertz CT molecular complexity index is 597. The number of nitro groups is 1. The number of rotatable bonds is 7. The van der Waals surface area contributed by atoms with Crippen molar-refractivity contribution in [1.82, 2.24) is 5.32 Å². The molecule has 132 valence electrons. The first kappa shape index (κ1) is 18.5. The molecule has 1 aromatic carbocycles. The van der Waals surface area contributed by atoms with Crippen LogP contribution in [0.15, 0.2) is 18.2 Å². The first-order valence-electron chi connectivity index (χ1n) is 8.07. The smallest absolute Gasteiger partial charge is 0.312 e. The number of carbonyl (C=O) groups is 1. The molecule has 0 bridgehead atoms. The van der Waals surface area contributed by atoms with Gasteiger partial charge in [0.1, 0.15) is 0 Å². The molecule has 2 rings (SSSR count). The molecule has 0 aliphatic heterocycles. The lowest BCUT2D eigenvalue weighted by molar-refractivity contribution is -0.385. The fraction of sp³-hybridized carbons (Fsp3) is 0.562. The van der Waals surface area contributed by atoms with Gasteiger partial charge in [-0.25, -0.2) is 0 Å². The van der Waals surface area contributed by atoms with E-state index in [1.807, 2.05) is 0 Å². The molecule has 3 N–H and O–H groups in total. The van der Waals surface area contributed by atoms with E-state index in [0.717, 1.165) is 25.7 Å². The molecule has 2 atom stereocenters. The van der Waals surface area contributed by atoms with E-state index in [0.29, 0.717) is 12.5 Å². The maximum Gasteiger partial charge on any atom is 0.312 e. The standard InChI is InChI=1S/C16H22ClN3O4/c17-12-5-6-15(14(9-12)20(22)23)24-8-7-16(21)19-13-4-2-1-3-11(13)10-18/h5-6,9,11,13H,1-4,7-8,10,18H2,(H,19,21). The number of nitrogens with two attached hydrogens (primary N) is 1. The van der Waals surface area contributed by atoms with Gasteiger partial charge in [-0.05, 0) is 37.4 Å². The fourth-order valence-corrected chi connectivity index (χ4v) is 3.13. The van der Waals surface area contributed by atoms with Crippen LogP contribution in [0.2, 0.25) is 5.02 Å². The Labute approximate surface area is 145 Å². The highest BCUT2D eigenvalue weighted by Crippen LogP contribution is 2.30. The number of nitrogens with zero attached hydrogens (tertiary/aromatic N) is 1. The van der Waals surface area contributed by atoms with Crippen molar-refractivity contribution in [3.63, 3.8) is 0 Å². The highest BCUT2D eigenvalue weighted by molar-refractivity contribution is 6.30. The molecule has 0 saturated heterocycles. The van der Waals surface area contributed by atoms with Crippen LogP contribution >= 0.6 is 11.6 Å². The third-order valence-electron chi connectivity index (χ3n) is 4.26. The average molecular weight is 356 g/mol. The van der Waals surface area contributed by atoms with Gasteiger partial charge in [0.25, 0.3) is 0 Å². The van der Waals surface area contributed by atoms with Crippen molar-refractivity contribution in [2.75, 3.05) is 13.2 Å². The Morgan fingerprint density at radius 1 is 1.42 bits per heavy atom. The van der Waals surface area contributed by atoms with E-state index < -0.39 is 4.92 Å². The van der Waals surface area contributed by atoms with Gasteiger partial charge in [0.05, 0.1) is 18.0 Å². The van der Waals surface area contributed by atoms with Crippen LogP contribution in [-0.4, -0.2) is 30.0 Å². The molecule has 7 nitrogen and oxygen atoms in total. The second kappa shape index (κ2) is 8.84. The van der Waals surface area contributed by atoms with Gasteiger partial charge in [-0.1, -0.05) is 24.4 Å². The summed E-state index contributed by atoms with van der Waals surface area (Å²) in [5.41, 5.74) is 5.54. The predicted octanol–water partition coefficient (Wildman–Crippen LogP) is 2.65. The summed E-state index contributed by atoms with van der Waals surface area (Å²) in [5.74, 6) is 0.299. The molecule has 1 aromatic rings. The molecule has 24 heavy (non-hydrogen) atoms. The topological polar surface area (TPSA) is 107 Å². The molecule has 2 unspecified atom stereocenters. The van der Waals surface area contributed by atoms with Crippen molar-refractivity contribution in [3.05, 3.63) is 33.3 Å². The van der Waals surface area contributed by atoms with Crippen molar-refractivity contribution in [2.24, 2.45) is 11.7 Å². The van der Waals surface area contributed by atoms with Crippen LogP contribution in [0.1, 0.15) is 32.1 Å². The summed E-state index contributed by atoms with van der Waals surface area (Å²) >= 11 is 5.75.